The van der Waals surface area contributed by atoms with Crippen LogP contribution >= 0.6 is 23.2 Å². The second kappa shape index (κ2) is 11.1. The van der Waals surface area contributed by atoms with Crippen LogP contribution in [0.1, 0.15) is 43.4 Å². The number of benzene rings is 3. The third-order valence-corrected chi connectivity index (χ3v) is 8.46. The van der Waals surface area contributed by atoms with E-state index in [1.807, 2.05) is 18.2 Å². The third kappa shape index (κ3) is 5.46. The molecule has 5 nitrogen and oxygen atoms in total. The summed E-state index contributed by atoms with van der Waals surface area (Å²) in [4.78, 5) is 18.1. The molecule has 38 heavy (non-hydrogen) atoms. The Morgan fingerprint density at radius 2 is 1.71 bits per heavy atom. The monoisotopic (exact) mass is 546 g/mol. The number of nitrogens with zero attached hydrogens (tertiary/aromatic N) is 3. The van der Waals surface area contributed by atoms with Crippen LogP contribution in [0.25, 0.3) is 11.1 Å². The fourth-order valence-corrected chi connectivity index (χ4v) is 6.59. The zero-order valence-electron chi connectivity index (χ0n) is 21.8. The Bertz CT molecular complexity index is 1370. The molecule has 0 aliphatic carbocycles. The van der Waals surface area contributed by atoms with Gasteiger partial charge in [0.15, 0.2) is 0 Å². The maximum Gasteiger partial charge on any atom is 0.238 e. The van der Waals surface area contributed by atoms with E-state index in [9.17, 15) is 10.1 Å². The molecule has 3 aromatic carbocycles. The van der Waals surface area contributed by atoms with Crippen LogP contribution in [0.5, 0.6) is 0 Å². The van der Waals surface area contributed by atoms with E-state index in [4.69, 9.17) is 23.2 Å². The summed E-state index contributed by atoms with van der Waals surface area (Å²) < 4.78 is 0. The number of halogens is 2. The van der Waals surface area contributed by atoms with Crippen molar-refractivity contribution in [2.45, 2.75) is 44.7 Å². The smallest absolute Gasteiger partial charge is 0.238 e. The van der Waals surface area contributed by atoms with Gasteiger partial charge in [0.25, 0.3) is 0 Å². The van der Waals surface area contributed by atoms with E-state index >= 15 is 0 Å². The van der Waals surface area contributed by atoms with Crippen molar-refractivity contribution in [3.63, 3.8) is 0 Å². The molecular weight excluding hydrogens is 515 g/mol. The first-order valence-electron chi connectivity index (χ1n) is 13.2. The molecule has 1 spiro atoms. The van der Waals surface area contributed by atoms with Gasteiger partial charge in [0.2, 0.25) is 5.91 Å². The molecule has 1 N–H and O–H groups in total. The lowest BCUT2D eigenvalue weighted by atomic mass is 9.73. The van der Waals surface area contributed by atoms with E-state index < -0.39 is 0 Å². The molecule has 2 aliphatic heterocycles. The van der Waals surface area contributed by atoms with Crippen molar-refractivity contribution in [1.29, 1.82) is 5.26 Å². The first-order valence-corrected chi connectivity index (χ1v) is 13.9. The standard InChI is InChI=1S/C31H32Cl2N4O/c1-21(2)36-12-9-31(10-13-36)29-7-6-24(23-5-3-4-22(14-23)19-34)15-25(29)8-11-37(31)20-30(38)35-28-17-26(32)16-27(33)18-28/h3-7,14-18,21H,8-13,20H2,1-2H3,(H,35,38). The molecule has 1 fully saturated rings. The Balaban J connectivity index is 1.45. The summed E-state index contributed by atoms with van der Waals surface area (Å²) in [5, 5.41) is 13.3. The van der Waals surface area contributed by atoms with Crippen molar-refractivity contribution in [3.05, 3.63) is 87.4 Å². The molecule has 0 saturated carbocycles. The highest BCUT2D eigenvalue weighted by atomic mass is 35.5. The minimum atomic E-state index is -0.199. The van der Waals surface area contributed by atoms with Gasteiger partial charge in [-0.2, -0.15) is 5.26 Å². The minimum absolute atomic E-state index is 0.0672. The number of piperidine rings is 1. The molecule has 2 heterocycles. The van der Waals surface area contributed by atoms with Crippen LogP contribution in [0.15, 0.2) is 60.7 Å². The summed E-state index contributed by atoms with van der Waals surface area (Å²) in [5.41, 5.74) is 5.91. The SMILES string of the molecule is CC(C)N1CCC2(CC1)c1ccc(-c3cccc(C#N)c3)cc1CCN2CC(=O)Nc1cc(Cl)cc(Cl)c1. The Kier molecular flexibility index (Phi) is 7.79. The van der Waals surface area contributed by atoms with E-state index in [1.165, 1.54) is 11.1 Å². The van der Waals surface area contributed by atoms with Gasteiger partial charge in [-0.15, -0.1) is 0 Å². The molecule has 1 saturated heterocycles. The Morgan fingerprint density at radius 1 is 1.00 bits per heavy atom. The van der Waals surface area contributed by atoms with Gasteiger partial charge in [0.05, 0.1) is 18.2 Å². The highest BCUT2D eigenvalue weighted by Gasteiger charge is 2.45. The lowest BCUT2D eigenvalue weighted by molar-refractivity contribution is -0.120. The topological polar surface area (TPSA) is 59.4 Å². The zero-order chi connectivity index (χ0) is 26.9. The quantitative estimate of drug-likeness (QED) is 0.385. The number of nitrogens with one attached hydrogen (secondary N) is 1. The number of hydrogen-bond donors (Lipinski definition) is 1. The second-order valence-corrected chi connectivity index (χ2v) is 11.5. The second-order valence-electron chi connectivity index (χ2n) is 10.6. The summed E-state index contributed by atoms with van der Waals surface area (Å²) in [6.07, 6.45) is 2.81. The molecule has 2 aliphatic rings. The van der Waals surface area contributed by atoms with Gasteiger partial charge in [-0.25, -0.2) is 0 Å². The van der Waals surface area contributed by atoms with Crippen molar-refractivity contribution >= 4 is 34.8 Å². The van der Waals surface area contributed by atoms with Crippen molar-refractivity contribution < 1.29 is 4.79 Å². The van der Waals surface area contributed by atoms with Crippen LogP contribution in [-0.2, 0) is 16.8 Å². The number of anilines is 1. The van der Waals surface area contributed by atoms with Gasteiger partial charge in [-0.1, -0.05) is 53.5 Å². The van der Waals surface area contributed by atoms with Crippen LogP contribution in [0.3, 0.4) is 0 Å². The first-order chi connectivity index (χ1) is 18.3. The summed E-state index contributed by atoms with van der Waals surface area (Å²) in [7, 11) is 0. The Morgan fingerprint density at radius 3 is 2.39 bits per heavy atom. The van der Waals surface area contributed by atoms with Gasteiger partial charge in [0, 0.05) is 46.9 Å². The average Bonchev–Trinajstić information content (AvgIpc) is 2.90. The number of likely N-dealkylation sites (tertiary alicyclic amines) is 1. The molecule has 7 heteroatoms. The molecule has 5 rings (SSSR count). The number of rotatable bonds is 5. The summed E-state index contributed by atoms with van der Waals surface area (Å²) >= 11 is 12.3. The molecule has 0 radical (unpaired) electrons. The van der Waals surface area contributed by atoms with Gasteiger partial charge < -0.3 is 10.2 Å². The first kappa shape index (κ1) is 26.7. The normalized spacial score (nSPS) is 17.3. The molecule has 0 aromatic heterocycles. The fourth-order valence-electron chi connectivity index (χ4n) is 6.07. The Hall–Kier alpha value is -2.88. The van der Waals surface area contributed by atoms with E-state index in [0.29, 0.717) is 33.9 Å². The molecule has 1 amide bonds. The van der Waals surface area contributed by atoms with E-state index in [1.54, 1.807) is 18.2 Å². The lowest BCUT2D eigenvalue weighted by Gasteiger charge is -2.53. The number of fused-ring (bicyclic) bond motifs is 2. The predicted molar refractivity (Wildman–Crippen MR) is 155 cm³/mol. The molecule has 3 aromatic rings. The van der Waals surface area contributed by atoms with Crippen LogP contribution in [0, 0.1) is 11.3 Å². The maximum absolute atomic E-state index is 13.2. The summed E-state index contributed by atoms with van der Waals surface area (Å²) in [6.45, 7) is 7.58. The van der Waals surface area contributed by atoms with Crippen LogP contribution in [0.4, 0.5) is 5.69 Å². The van der Waals surface area contributed by atoms with Gasteiger partial charge in [0.1, 0.15) is 0 Å². The molecule has 196 valence electrons. The lowest BCUT2D eigenvalue weighted by Crippen LogP contribution is -2.58. The zero-order valence-corrected chi connectivity index (χ0v) is 23.3. The highest BCUT2D eigenvalue weighted by molar-refractivity contribution is 6.35. The number of carbonyl (C=O) groups is 1. The predicted octanol–water partition coefficient (Wildman–Crippen LogP) is 6.73. The Labute approximate surface area is 235 Å². The van der Waals surface area contributed by atoms with E-state index in [2.05, 4.69) is 59.3 Å². The summed E-state index contributed by atoms with van der Waals surface area (Å²) in [5.74, 6) is -0.0672. The fraction of sp³-hybridized carbons (Fsp3) is 0.355. The van der Waals surface area contributed by atoms with Crippen LogP contribution in [0.2, 0.25) is 10.0 Å². The van der Waals surface area contributed by atoms with E-state index in [0.717, 1.165) is 50.0 Å². The molecule has 0 atom stereocenters. The van der Waals surface area contributed by atoms with Crippen molar-refractivity contribution in [2.24, 2.45) is 0 Å². The van der Waals surface area contributed by atoms with Crippen molar-refractivity contribution in [1.82, 2.24) is 9.80 Å². The van der Waals surface area contributed by atoms with Gasteiger partial charge >= 0.3 is 0 Å². The molecular formula is C31H32Cl2N4O. The van der Waals surface area contributed by atoms with E-state index in [-0.39, 0.29) is 11.4 Å². The maximum atomic E-state index is 13.2. The van der Waals surface area contributed by atoms with Crippen LogP contribution < -0.4 is 5.32 Å². The van der Waals surface area contributed by atoms with Gasteiger partial charge in [-0.05, 0) is 85.7 Å². The minimum Gasteiger partial charge on any atom is -0.325 e. The van der Waals surface area contributed by atoms with Gasteiger partial charge in [-0.3, -0.25) is 9.69 Å². The largest absolute Gasteiger partial charge is 0.325 e. The highest BCUT2D eigenvalue weighted by Crippen LogP contribution is 2.44. The van der Waals surface area contributed by atoms with Crippen molar-refractivity contribution in [3.8, 4) is 17.2 Å². The third-order valence-electron chi connectivity index (χ3n) is 8.02. The van der Waals surface area contributed by atoms with Crippen LogP contribution in [-0.4, -0.2) is 47.9 Å². The van der Waals surface area contributed by atoms with Crippen molar-refractivity contribution in [2.75, 3.05) is 31.5 Å². The molecule has 0 bridgehead atoms. The molecule has 0 unspecified atom stereocenters. The average molecular weight is 548 g/mol. The summed E-state index contributed by atoms with van der Waals surface area (Å²) in [6, 6.07) is 22.3. The number of amides is 1. The number of carbonyl (C=O) groups excluding carboxylic acids is 1. The number of hydrogen-bond acceptors (Lipinski definition) is 4. The number of nitriles is 1.